The fourth-order valence-corrected chi connectivity index (χ4v) is 3.43. The number of aromatic nitrogens is 4. The van der Waals surface area contributed by atoms with Crippen LogP contribution in [0, 0.1) is 5.92 Å². The Hall–Kier alpha value is -1.62. The number of rotatable bonds is 2. The molecule has 5 nitrogen and oxygen atoms in total. The normalized spacial score (nSPS) is 23.0. The van der Waals surface area contributed by atoms with Gasteiger partial charge in [0, 0.05) is 16.3 Å². The second-order valence-corrected chi connectivity index (χ2v) is 6.34. The predicted molar refractivity (Wildman–Crippen MR) is 84.0 cm³/mol. The van der Waals surface area contributed by atoms with Gasteiger partial charge < -0.3 is 5.73 Å². The van der Waals surface area contributed by atoms with Crippen LogP contribution in [-0.4, -0.2) is 20.2 Å². The summed E-state index contributed by atoms with van der Waals surface area (Å²) in [7, 11) is 0. The van der Waals surface area contributed by atoms with Crippen LogP contribution < -0.4 is 5.73 Å². The Bertz CT molecular complexity index is 604. The van der Waals surface area contributed by atoms with Gasteiger partial charge in [-0.05, 0) is 47.4 Å². The van der Waals surface area contributed by atoms with Crippen LogP contribution in [-0.2, 0) is 0 Å². The summed E-state index contributed by atoms with van der Waals surface area (Å²) in [4.78, 5) is 0. The molecule has 1 heterocycles. The molecule has 0 saturated heterocycles. The van der Waals surface area contributed by atoms with E-state index in [1.54, 1.807) is 6.07 Å². The van der Waals surface area contributed by atoms with E-state index >= 15 is 0 Å². The van der Waals surface area contributed by atoms with Crippen LogP contribution in [0.15, 0.2) is 18.2 Å². The van der Waals surface area contributed by atoms with Crippen molar-refractivity contribution in [3.05, 3.63) is 23.2 Å². The van der Waals surface area contributed by atoms with Gasteiger partial charge in [-0.25, -0.2) is 4.68 Å². The molecule has 21 heavy (non-hydrogen) atoms. The highest BCUT2D eigenvalue weighted by atomic mass is 35.5. The fourth-order valence-electron chi connectivity index (χ4n) is 3.19. The summed E-state index contributed by atoms with van der Waals surface area (Å²) < 4.78 is 1.96. The molecule has 0 spiro atoms. The summed E-state index contributed by atoms with van der Waals surface area (Å²) in [6.45, 7) is 2.29. The van der Waals surface area contributed by atoms with Gasteiger partial charge >= 0.3 is 0 Å². The number of tetrazole rings is 1. The first-order valence-corrected chi connectivity index (χ1v) is 7.87. The predicted octanol–water partition coefficient (Wildman–Crippen LogP) is 3.72. The standard InChI is InChI=1S/C15H20ClN5/c1-10-5-3-2-4-6-14(10)21-15(18-19-20-21)11-7-12(16)9-13(17)8-11/h7-10,14H,2-6,17H2,1H3. The molecule has 2 aromatic rings. The maximum absolute atomic E-state index is 6.10. The Morgan fingerprint density at radius 3 is 2.81 bits per heavy atom. The Kier molecular flexibility index (Phi) is 4.10. The van der Waals surface area contributed by atoms with Crippen LogP contribution in [0.2, 0.25) is 5.02 Å². The molecule has 0 radical (unpaired) electrons. The van der Waals surface area contributed by atoms with Gasteiger partial charge in [0.15, 0.2) is 5.82 Å². The average molecular weight is 306 g/mol. The maximum Gasteiger partial charge on any atom is 0.182 e. The van der Waals surface area contributed by atoms with Crippen LogP contribution in [0.5, 0.6) is 0 Å². The minimum absolute atomic E-state index is 0.345. The number of hydrogen-bond donors (Lipinski definition) is 1. The monoisotopic (exact) mass is 305 g/mol. The zero-order valence-corrected chi connectivity index (χ0v) is 12.9. The lowest BCUT2D eigenvalue weighted by Crippen LogP contribution is -2.18. The molecule has 1 fully saturated rings. The zero-order valence-electron chi connectivity index (χ0n) is 12.2. The molecule has 2 atom stereocenters. The van der Waals surface area contributed by atoms with E-state index in [0.717, 1.165) is 17.8 Å². The number of halogens is 1. The molecule has 1 aliphatic rings. The lowest BCUT2D eigenvalue weighted by Gasteiger charge is -2.22. The summed E-state index contributed by atoms with van der Waals surface area (Å²) in [5, 5.41) is 12.9. The first kappa shape index (κ1) is 14.3. The summed E-state index contributed by atoms with van der Waals surface area (Å²) in [5.74, 6) is 1.33. The molecule has 1 aromatic heterocycles. The third-order valence-electron chi connectivity index (χ3n) is 4.30. The zero-order chi connectivity index (χ0) is 14.8. The van der Waals surface area contributed by atoms with Gasteiger partial charge in [-0.2, -0.15) is 0 Å². The number of anilines is 1. The number of hydrogen-bond acceptors (Lipinski definition) is 4. The van der Waals surface area contributed by atoms with Crippen molar-refractivity contribution in [2.45, 2.75) is 45.1 Å². The van der Waals surface area contributed by atoms with Gasteiger partial charge in [0.1, 0.15) is 0 Å². The van der Waals surface area contributed by atoms with Crippen molar-refractivity contribution >= 4 is 17.3 Å². The molecule has 1 aromatic carbocycles. The number of nitrogens with zero attached hydrogens (tertiary/aromatic N) is 4. The van der Waals surface area contributed by atoms with Gasteiger partial charge in [0.05, 0.1) is 6.04 Å². The molecular weight excluding hydrogens is 286 g/mol. The van der Waals surface area contributed by atoms with E-state index in [-0.39, 0.29) is 0 Å². The summed E-state index contributed by atoms with van der Waals surface area (Å²) in [6.07, 6.45) is 6.16. The van der Waals surface area contributed by atoms with Crippen LogP contribution in [0.1, 0.15) is 45.1 Å². The van der Waals surface area contributed by atoms with E-state index in [0.29, 0.717) is 22.7 Å². The molecule has 0 amide bonds. The molecule has 1 saturated carbocycles. The Balaban J connectivity index is 2.00. The molecule has 2 unspecified atom stereocenters. The van der Waals surface area contributed by atoms with Crippen molar-refractivity contribution in [1.29, 1.82) is 0 Å². The highest BCUT2D eigenvalue weighted by Crippen LogP contribution is 2.34. The molecule has 3 rings (SSSR count). The van der Waals surface area contributed by atoms with Crippen molar-refractivity contribution in [1.82, 2.24) is 20.2 Å². The highest BCUT2D eigenvalue weighted by molar-refractivity contribution is 6.31. The smallest absolute Gasteiger partial charge is 0.182 e. The van der Waals surface area contributed by atoms with E-state index in [4.69, 9.17) is 17.3 Å². The molecule has 112 valence electrons. The minimum Gasteiger partial charge on any atom is -0.399 e. The number of nitrogens with two attached hydrogens (primary N) is 1. The first-order valence-electron chi connectivity index (χ1n) is 7.49. The van der Waals surface area contributed by atoms with Crippen LogP contribution in [0.25, 0.3) is 11.4 Å². The van der Waals surface area contributed by atoms with E-state index in [1.165, 1.54) is 25.7 Å². The van der Waals surface area contributed by atoms with Crippen molar-refractivity contribution in [2.75, 3.05) is 5.73 Å². The summed E-state index contributed by atoms with van der Waals surface area (Å²) >= 11 is 6.10. The lowest BCUT2D eigenvalue weighted by molar-refractivity contribution is 0.306. The Labute approximate surface area is 129 Å². The molecule has 6 heteroatoms. The summed E-state index contributed by atoms with van der Waals surface area (Å²) in [6, 6.07) is 5.81. The topological polar surface area (TPSA) is 69.6 Å². The maximum atomic E-state index is 6.10. The molecule has 1 aliphatic carbocycles. The SMILES string of the molecule is CC1CCCCCC1n1nnnc1-c1cc(N)cc(Cl)c1. The third kappa shape index (κ3) is 3.02. The molecule has 2 N–H and O–H groups in total. The second kappa shape index (κ2) is 6.02. The third-order valence-corrected chi connectivity index (χ3v) is 4.52. The molecular formula is C15H20ClN5. The quantitative estimate of drug-likeness (QED) is 0.678. The van der Waals surface area contributed by atoms with Gasteiger partial charge in [-0.15, -0.1) is 5.10 Å². The van der Waals surface area contributed by atoms with Crippen LogP contribution >= 0.6 is 11.6 Å². The van der Waals surface area contributed by atoms with Crippen molar-refractivity contribution in [3.63, 3.8) is 0 Å². The highest BCUT2D eigenvalue weighted by Gasteiger charge is 2.25. The van der Waals surface area contributed by atoms with Crippen molar-refractivity contribution < 1.29 is 0 Å². The Morgan fingerprint density at radius 1 is 1.19 bits per heavy atom. The number of benzene rings is 1. The van der Waals surface area contributed by atoms with E-state index in [1.807, 2.05) is 16.8 Å². The Morgan fingerprint density at radius 2 is 2.00 bits per heavy atom. The van der Waals surface area contributed by atoms with E-state index < -0.39 is 0 Å². The minimum atomic E-state index is 0.345. The largest absolute Gasteiger partial charge is 0.399 e. The van der Waals surface area contributed by atoms with Gasteiger partial charge in [-0.1, -0.05) is 37.8 Å². The first-order chi connectivity index (χ1) is 10.1. The van der Waals surface area contributed by atoms with Crippen LogP contribution in [0.4, 0.5) is 5.69 Å². The van der Waals surface area contributed by atoms with Crippen molar-refractivity contribution in [3.8, 4) is 11.4 Å². The van der Waals surface area contributed by atoms with Gasteiger partial charge in [0.25, 0.3) is 0 Å². The summed E-state index contributed by atoms with van der Waals surface area (Å²) in [5.41, 5.74) is 7.39. The number of nitrogen functional groups attached to an aromatic ring is 1. The molecule has 0 bridgehead atoms. The van der Waals surface area contributed by atoms with Gasteiger partial charge in [-0.3, -0.25) is 0 Å². The van der Waals surface area contributed by atoms with Crippen LogP contribution in [0.3, 0.4) is 0 Å². The van der Waals surface area contributed by atoms with Crippen molar-refractivity contribution in [2.24, 2.45) is 5.92 Å². The average Bonchev–Trinajstić information content (AvgIpc) is 2.81. The lowest BCUT2D eigenvalue weighted by atomic mass is 9.97. The fraction of sp³-hybridized carbons (Fsp3) is 0.533. The second-order valence-electron chi connectivity index (χ2n) is 5.90. The van der Waals surface area contributed by atoms with E-state index in [2.05, 4.69) is 22.4 Å². The van der Waals surface area contributed by atoms with E-state index in [9.17, 15) is 0 Å². The molecule has 0 aliphatic heterocycles. The van der Waals surface area contributed by atoms with Gasteiger partial charge in [0.2, 0.25) is 0 Å².